The summed E-state index contributed by atoms with van der Waals surface area (Å²) in [6.07, 6.45) is -4.26. The highest BCUT2D eigenvalue weighted by atomic mass is 35.5. The van der Waals surface area contributed by atoms with E-state index in [0.29, 0.717) is 15.6 Å². The Bertz CT molecular complexity index is 6900. The summed E-state index contributed by atoms with van der Waals surface area (Å²) in [6.45, 7) is 44.9. The van der Waals surface area contributed by atoms with Gasteiger partial charge in [0.1, 0.15) is 0 Å². The molecule has 0 aliphatic rings. The summed E-state index contributed by atoms with van der Waals surface area (Å²) in [5.41, 5.74) is 27.6. The molecule has 0 saturated carbocycles. The van der Waals surface area contributed by atoms with Crippen LogP contribution in [0.3, 0.4) is 0 Å². The first-order chi connectivity index (χ1) is 57.2. The molecule has 20 rings (SSSR count). The van der Waals surface area contributed by atoms with Gasteiger partial charge in [-0.3, -0.25) is 0 Å². The first-order valence-electron chi connectivity index (χ1n) is 40.5. The van der Waals surface area contributed by atoms with E-state index in [9.17, 15) is 13.2 Å². The smallest absolute Gasteiger partial charge is 0.166 e. The summed E-state index contributed by atoms with van der Waals surface area (Å²) < 4.78 is 45.4. The van der Waals surface area contributed by atoms with Gasteiger partial charge in [0.05, 0.1) is 5.56 Å². The molecule has 0 N–H and O–H groups in total. The molecule has 612 valence electrons. The zero-order valence-corrected chi connectivity index (χ0v) is 78.6. The van der Waals surface area contributed by atoms with Crippen molar-refractivity contribution in [3.05, 3.63) is 396 Å². The normalized spacial score (nSPS) is 10.9. The largest absolute Gasteiger partial charge is 0.417 e. The van der Waals surface area contributed by atoms with E-state index >= 15 is 0 Å². The molecule has 0 aliphatic carbocycles. The van der Waals surface area contributed by atoms with Crippen LogP contribution >= 0.6 is 79.6 Å². The Morgan fingerprint density at radius 2 is 0.617 bits per heavy atom. The maximum Gasteiger partial charge on any atom is 0.417 e. The van der Waals surface area contributed by atoms with Crippen molar-refractivity contribution in [2.24, 2.45) is 0 Å². The van der Waals surface area contributed by atoms with Crippen LogP contribution < -0.4 is 0 Å². The maximum absolute atomic E-state index is 12.6. The monoisotopic (exact) mass is 1710 g/mol. The Hall–Kier alpha value is -10.0. The molecular weight excluding hydrogens is 1610 g/mol. The summed E-state index contributed by atoms with van der Waals surface area (Å²) >= 11 is 16.4. The number of alkyl halides is 3. The van der Waals surface area contributed by atoms with Crippen molar-refractivity contribution in [3.63, 3.8) is 0 Å². The van der Waals surface area contributed by atoms with Crippen LogP contribution in [0.15, 0.2) is 269 Å². The van der Waals surface area contributed by atoms with Gasteiger partial charge in [-0.2, -0.15) is 13.2 Å². The van der Waals surface area contributed by atoms with Crippen molar-refractivity contribution in [1.82, 2.24) is 0 Å². The standard InChI is InChI=1S/C13H14.2C12H12.3C11H12S.C11H10.C10H7F3S.C10H10S.C9H7ClS/c1-9-7-11(3)13-10(2)5-4-6-12(13)8-9;1-9-5-3-7-11-8-4-6-10(2)12(9)11;1-9-6-7-11-5-3-4-10(2)12(11)8-9;1-7-4-10-9(3)6-12-11(10)5-8(7)2;1-7-4-8(2)11-9(3)6-12-10(11)5-7;1-7-4-5-10-11(9(7)3)8(2)6-12-10;1-9-5-4-7-10-6-2-3-8-11(9)10;1-6-5-14-8-4-2-3-7(9(6)8)10(11,12)13;1-7-3-4-9-8(2)6-11-10(9)5-7;1-6-5-11-8-4-2-3-7(10)9(6)8/h4-8H,1-3H3;2*3-8H,1-2H3;3*4-6H,1-3H3;2-8H,1H3;2-5H,1H3;3-6H,1-2H3;2-5H,1H3. The van der Waals surface area contributed by atoms with Crippen molar-refractivity contribution in [2.45, 2.75) is 152 Å². The van der Waals surface area contributed by atoms with Gasteiger partial charge in [0.15, 0.2) is 0 Å². The first-order valence-corrected chi connectivity index (χ1v) is 46.2. The van der Waals surface area contributed by atoms with Gasteiger partial charge in [-0.25, -0.2) is 0 Å². The van der Waals surface area contributed by atoms with Crippen LogP contribution in [0.5, 0.6) is 0 Å². The average Bonchev–Trinajstić information content (AvgIpc) is 1.66. The lowest BCUT2D eigenvalue weighted by molar-refractivity contribution is -0.136. The number of benzene rings is 14. The third kappa shape index (κ3) is 22.6. The van der Waals surface area contributed by atoms with Crippen molar-refractivity contribution in [1.29, 1.82) is 0 Å². The van der Waals surface area contributed by atoms with E-state index in [1.54, 1.807) is 29.7 Å². The number of aryl methyl sites for hydroxylation is 21. The molecule has 0 aliphatic heterocycles. The lowest BCUT2D eigenvalue weighted by Gasteiger charge is -2.08. The van der Waals surface area contributed by atoms with Gasteiger partial charge < -0.3 is 0 Å². The molecule has 0 fully saturated rings. The topological polar surface area (TPSA) is 0 Å². The van der Waals surface area contributed by atoms with Crippen LogP contribution in [-0.4, -0.2) is 0 Å². The molecule has 0 spiro atoms. The van der Waals surface area contributed by atoms with Crippen LogP contribution in [0.1, 0.15) is 122 Å². The number of rotatable bonds is 0. The second kappa shape index (κ2) is 41.0. The van der Waals surface area contributed by atoms with E-state index in [4.69, 9.17) is 11.6 Å². The van der Waals surface area contributed by atoms with Crippen LogP contribution in [0, 0.1) is 145 Å². The molecule has 0 saturated heterocycles. The predicted molar refractivity (Wildman–Crippen MR) is 536 cm³/mol. The highest BCUT2D eigenvalue weighted by Crippen LogP contribution is 2.40. The van der Waals surface area contributed by atoms with Crippen LogP contribution in [0.4, 0.5) is 13.2 Å². The maximum atomic E-state index is 12.6. The molecule has 6 heterocycles. The Labute approximate surface area is 737 Å². The quantitative estimate of drug-likeness (QED) is 0.142. The van der Waals surface area contributed by atoms with Crippen LogP contribution in [0.25, 0.3) is 104 Å². The van der Waals surface area contributed by atoms with Gasteiger partial charge in [0.2, 0.25) is 0 Å². The fourth-order valence-corrected chi connectivity index (χ4v) is 21.9. The zero-order valence-electron chi connectivity index (χ0n) is 72.9. The summed E-state index contributed by atoms with van der Waals surface area (Å²) in [4.78, 5) is 0. The van der Waals surface area contributed by atoms with E-state index in [1.165, 1.54) is 222 Å². The predicted octanol–water partition coefficient (Wildman–Crippen LogP) is 36.9. The molecule has 0 unspecified atom stereocenters. The molecule has 6 aromatic heterocycles. The van der Waals surface area contributed by atoms with Gasteiger partial charge in [-0.15, -0.1) is 68.0 Å². The van der Waals surface area contributed by atoms with E-state index in [2.05, 4.69) is 372 Å². The minimum Gasteiger partial charge on any atom is -0.166 e. The molecule has 0 bridgehead atoms. The highest BCUT2D eigenvalue weighted by molar-refractivity contribution is 7.19. The second-order valence-electron chi connectivity index (χ2n) is 31.7. The van der Waals surface area contributed by atoms with E-state index < -0.39 is 11.7 Å². The Morgan fingerprint density at radius 3 is 1.21 bits per heavy atom. The van der Waals surface area contributed by atoms with Gasteiger partial charge in [0, 0.05) is 44.0 Å². The van der Waals surface area contributed by atoms with Crippen molar-refractivity contribution >= 4 is 183 Å². The zero-order chi connectivity index (χ0) is 86.4. The summed E-state index contributed by atoms with van der Waals surface area (Å²) in [6, 6.07) is 82.1. The van der Waals surface area contributed by atoms with Gasteiger partial charge in [-0.1, -0.05) is 211 Å². The SMILES string of the molecule is Cc1cc(C)c2c(C)cccc2c1.Cc1cc(C)c2c(C)csc2c1.Cc1cc2scc(C)c2cc1C.Cc1ccc2c(C)csc2c1.Cc1ccc2cccc(C)c2c1.Cc1ccc2scc(C)c2c1C.Cc1cccc2cccc(C)c12.Cc1cccc2ccccc12.Cc1csc2cccc(C(F)(F)F)c12.Cc1csc2cccc(Cl)c12. The van der Waals surface area contributed by atoms with E-state index in [1.807, 2.05) is 57.5 Å². The van der Waals surface area contributed by atoms with Crippen molar-refractivity contribution < 1.29 is 13.2 Å². The molecule has 120 heavy (non-hydrogen) atoms. The second-order valence-corrected chi connectivity index (χ2v) is 37.5. The lowest BCUT2D eigenvalue weighted by Crippen LogP contribution is -2.05. The summed E-state index contributed by atoms with van der Waals surface area (Å²) in [5.74, 6) is 0. The molecule has 0 amide bonds. The molecule has 20 aromatic rings. The van der Waals surface area contributed by atoms with E-state index in [0.717, 1.165) is 11.1 Å². The molecule has 14 aromatic carbocycles. The molecule has 0 atom stereocenters. The fourth-order valence-electron chi connectivity index (χ4n) is 15.4. The number of hydrogen-bond acceptors (Lipinski definition) is 6. The van der Waals surface area contributed by atoms with Gasteiger partial charge >= 0.3 is 6.18 Å². The van der Waals surface area contributed by atoms with E-state index in [-0.39, 0.29) is 0 Å². The number of hydrogen-bond donors (Lipinski definition) is 0. The van der Waals surface area contributed by atoms with Crippen molar-refractivity contribution in [2.75, 3.05) is 0 Å². The lowest BCUT2D eigenvalue weighted by atomic mass is 9.99. The Morgan fingerprint density at radius 1 is 0.208 bits per heavy atom. The molecule has 0 radical (unpaired) electrons. The number of thiophene rings is 6. The van der Waals surface area contributed by atoms with Gasteiger partial charge in [0.25, 0.3) is 0 Å². The number of halogens is 4. The molecular formula is C110H108ClF3S6. The summed E-state index contributed by atoms with van der Waals surface area (Å²) in [7, 11) is 0. The first kappa shape index (κ1) is 90.7. The number of fused-ring (bicyclic) bond motifs is 10. The highest BCUT2D eigenvalue weighted by Gasteiger charge is 2.33. The average molecular weight is 1710 g/mol. The van der Waals surface area contributed by atoms with Gasteiger partial charge in [-0.05, 0) is 397 Å². The third-order valence-corrected chi connectivity index (χ3v) is 28.6. The Balaban J connectivity index is 0.000000130. The van der Waals surface area contributed by atoms with Crippen molar-refractivity contribution in [3.8, 4) is 0 Å². The molecule has 0 nitrogen and oxygen atoms in total. The Kier molecular flexibility index (Phi) is 31.0. The molecule has 10 heteroatoms. The van der Waals surface area contributed by atoms with Crippen LogP contribution in [0.2, 0.25) is 5.02 Å². The third-order valence-electron chi connectivity index (χ3n) is 21.9. The minimum atomic E-state index is -4.26. The summed E-state index contributed by atoms with van der Waals surface area (Å²) in [5, 5.41) is 31.8. The fraction of sp³-hybridized carbons (Fsp3) is 0.200. The van der Waals surface area contributed by atoms with Crippen LogP contribution in [-0.2, 0) is 6.18 Å². The minimum absolute atomic E-state index is 0.338.